The first kappa shape index (κ1) is 32.9. The Morgan fingerprint density at radius 1 is 0.884 bits per heavy atom. The lowest BCUT2D eigenvalue weighted by Gasteiger charge is -2.36. The molecule has 6 N–H and O–H groups in total. The smallest absolute Gasteiger partial charge is 0.383 e. The fraction of sp³-hybridized carbons (Fsp3) is 0.280. The van der Waals surface area contributed by atoms with Gasteiger partial charge in [0.05, 0.1) is 17.0 Å². The van der Waals surface area contributed by atoms with Crippen LogP contribution in [0.25, 0.3) is 0 Å². The van der Waals surface area contributed by atoms with Crippen LogP contribution in [0.2, 0.25) is 0 Å². The van der Waals surface area contributed by atoms with Gasteiger partial charge in [0.1, 0.15) is 23.8 Å². The Balaban J connectivity index is 1.85. The molecule has 0 radical (unpaired) electrons. The highest BCUT2D eigenvalue weighted by atomic mass is 19.4. The third kappa shape index (κ3) is 6.41. The van der Waals surface area contributed by atoms with E-state index in [-0.39, 0.29) is 58.4 Å². The zero-order valence-corrected chi connectivity index (χ0v) is 21.9. The Hall–Kier alpha value is -4.64. The monoisotopic (exact) mass is 625 g/mol. The zero-order chi connectivity index (χ0) is 32.5. The molecule has 0 spiro atoms. The van der Waals surface area contributed by atoms with Crippen molar-refractivity contribution in [2.24, 2.45) is 0 Å². The molecule has 2 amide bonds. The molecular weight excluding hydrogens is 604 g/mol. The van der Waals surface area contributed by atoms with E-state index in [1.54, 1.807) is 5.32 Å². The van der Waals surface area contributed by atoms with Crippen molar-refractivity contribution >= 4 is 34.8 Å². The second-order valence-electron chi connectivity index (χ2n) is 9.24. The summed E-state index contributed by atoms with van der Waals surface area (Å²) < 4.78 is 135. The molecular formula is C25H21F10N7O. The number of urea groups is 1. The van der Waals surface area contributed by atoms with E-state index in [0.717, 1.165) is 0 Å². The van der Waals surface area contributed by atoms with Gasteiger partial charge in [0.15, 0.2) is 0 Å². The van der Waals surface area contributed by atoms with Gasteiger partial charge >= 0.3 is 30.0 Å². The SMILES string of the molecule is CC(C)Nc1ncnc(N)c1C(=N)c1ccc(NC(=O)Nc2cc(C(F)(C(F)(F)F)C(F)(F)C(F)(F)F)ccc2F)cc1. The van der Waals surface area contributed by atoms with E-state index >= 15 is 0 Å². The van der Waals surface area contributed by atoms with Crippen molar-refractivity contribution in [2.45, 2.75) is 43.8 Å². The van der Waals surface area contributed by atoms with Crippen LogP contribution < -0.4 is 21.7 Å². The molecule has 3 aromatic rings. The van der Waals surface area contributed by atoms with Gasteiger partial charge in [-0.3, -0.25) is 5.41 Å². The van der Waals surface area contributed by atoms with Crippen molar-refractivity contribution in [1.29, 1.82) is 5.41 Å². The largest absolute Gasteiger partial charge is 0.457 e. The standard InChI is InChI=1S/C25H21F10N7O/c1-11(2)40-20-17(19(37)38-10-39-20)18(36)12-3-6-14(7-4-12)41-21(43)42-16-9-13(5-8-15(16)26)22(27,24(30,31)32)23(28,29)25(33,34)35/h3-11,36H,1-2H3,(H2,41,42,43)(H3,37,38,39,40). The predicted octanol–water partition coefficient (Wildman–Crippen LogP) is 7.00. The second-order valence-corrected chi connectivity index (χ2v) is 9.24. The van der Waals surface area contributed by atoms with E-state index < -0.39 is 47.0 Å². The van der Waals surface area contributed by atoms with Crippen molar-refractivity contribution in [2.75, 3.05) is 21.7 Å². The van der Waals surface area contributed by atoms with Crippen LogP contribution in [0.15, 0.2) is 48.8 Å². The number of alkyl halides is 9. The molecule has 0 bridgehead atoms. The van der Waals surface area contributed by atoms with Crippen LogP contribution in [0, 0.1) is 11.2 Å². The van der Waals surface area contributed by atoms with E-state index in [2.05, 4.69) is 20.6 Å². The van der Waals surface area contributed by atoms with Crippen molar-refractivity contribution < 1.29 is 48.7 Å². The molecule has 8 nitrogen and oxygen atoms in total. The lowest BCUT2D eigenvalue weighted by atomic mass is 9.87. The summed E-state index contributed by atoms with van der Waals surface area (Å²) in [5, 5.41) is 15.3. The Labute approximate surface area is 236 Å². The molecule has 0 saturated carbocycles. The Morgan fingerprint density at radius 2 is 1.49 bits per heavy atom. The summed E-state index contributed by atoms with van der Waals surface area (Å²) in [5.74, 6) is -8.29. The molecule has 1 unspecified atom stereocenters. The Bertz CT molecular complexity index is 1510. The van der Waals surface area contributed by atoms with Crippen molar-refractivity contribution in [3.8, 4) is 0 Å². The number of anilines is 4. The molecule has 1 aromatic heterocycles. The van der Waals surface area contributed by atoms with E-state index in [0.29, 0.717) is 0 Å². The summed E-state index contributed by atoms with van der Waals surface area (Å²) in [5.41, 5.74) is -3.78. The first-order valence-electron chi connectivity index (χ1n) is 11.8. The predicted molar refractivity (Wildman–Crippen MR) is 136 cm³/mol. The number of carbonyl (C=O) groups excluding carboxylic acids is 1. The fourth-order valence-electron chi connectivity index (χ4n) is 3.73. The van der Waals surface area contributed by atoms with Crippen molar-refractivity contribution in [1.82, 2.24) is 9.97 Å². The van der Waals surface area contributed by atoms with Gasteiger partial charge in [0.25, 0.3) is 0 Å². The van der Waals surface area contributed by atoms with Gasteiger partial charge in [-0.1, -0.05) is 18.2 Å². The summed E-state index contributed by atoms with van der Waals surface area (Å²) in [6.45, 7) is 3.64. The molecule has 1 heterocycles. The van der Waals surface area contributed by atoms with Gasteiger partial charge < -0.3 is 21.7 Å². The number of amides is 2. The number of hydrogen-bond donors (Lipinski definition) is 5. The molecule has 0 saturated heterocycles. The number of halogens is 10. The third-order valence-corrected chi connectivity index (χ3v) is 5.78. The lowest BCUT2D eigenvalue weighted by Crippen LogP contribution is -2.59. The summed E-state index contributed by atoms with van der Waals surface area (Å²) >= 11 is 0. The minimum Gasteiger partial charge on any atom is -0.383 e. The lowest BCUT2D eigenvalue weighted by molar-refractivity contribution is -0.389. The van der Waals surface area contributed by atoms with E-state index in [1.807, 2.05) is 13.8 Å². The van der Waals surface area contributed by atoms with Crippen LogP contribution >= 0.6 is 0 Å². The maximum atomic E-state index is 14.8. The normalized spacial score (nSPS) is 13.8. The number of nitrogens with zero attached hydrogens (tertiary/aromatic N) is 2. The van der Waals surface area contributed by atoms with Crippen LogP contribution in [0.4, 0.5) is 71.7 Å². The molecule has 3 rings (SSSR count). The van der Waals surface area contributed by atoms with E-state index in [1.165, 1.54) is 30.6 Å². The van der Waals surface area contributed by atoms with Gasteiger partial charge in [-0.25, -0.2) is 23.5 Å². The topological polar surface area (TPSA) is 129 Å². The van der Waals surface area contributed by atoms with Gasteiger partial charge in [0, 0.05) is 22.9 Å². The number of rotatable bonds is 8. The van der Waals surface area contributed by atoms with Crippen LogP contribution in [0.5, 0.6) is 0 Å². The van der Waals surface area contributed by atoms with E-state index in [4.69, 9.17) is 11.1 Å². The summed E-state index contributed by atoms with van der Waals surface area (Å²) in [6.07, 6.45) is -12.6. The minimum atomic E-state index is -6.98. The molecule has 0 aliphatic heterocycles. The highest BCUT2D eigenvalue weighted by Crippen LogP contribution is 2.58. The molecule has 0 fully saturated rings. The first-order valence-corrected chi connectivity index (χ1v) is 11.8. The summed E-state index contributed by atoms with van der Waals surface area (Å²) in [4.78, 5) is 20.3. The molecule has 232 valence electrons. The average Bonchev–Trinajstić information content (AvgIpc) is 2.88. The van der Waals surface area contributed by atoms with Gasteiger partial charge in [-0.2, -0.15) is 35.1 Å². The van der Waals surface area contributed by atoms with Gasteiger partial charge in [-0.15, -0.1) is 0 Å². The van der Waals surface area contributed by atoms with Crippen LogP contribution in [-0.2, 0) is 5.67 Å². The summed E-state index contributed by atoms with van der Waals surface area (Å²) in [7, 11) is 0. The maximum absolute atomic E-state index is 14.8. The number of nitrogens with two attached hydrogens (primary N) is 1. The van der Waals surface area contributed by atoms with Crippen molar-refractivity contribution in [3.05, 3.63) is 71.3 Å². The number of nitrogens with one attached hydrogen (secondary N) is 4. The molecule has 1 atom stereocenters. The van der Waals surface area contributed by atoms with Crippen LogP contribution in [0.3, 0.4) is 0 Å². The Kier molecular flexibility index (Phi) is 8.84. The average molecular weight is 625 g/mol. The highest BCUT2D eigenvalue weighted by Gasteiger charge is 2.81. The third-order valence-electron chi connectivity index (χ3n) is 5.78. The van der Waals surface area contributed by atoms with Crippen LogP contribution in [0.1, 0.15) is 30.5 Å². The Morgan fingerprint density at radius 3 is 2.02 bits per heavy atom. The number of hydrogen-bond acceptors (Lipinski definition) is 6. The number of nitrogen functional groups attached to an aromatic ring is 1. The summed E-state index contributed by atoms with van der Waals surface area (Å²) in [6, 6.07) is 3.12. The number of aromatic nitrogens is 2. The minimum absolute atomic E-state index is 0.00944. The highest BCUT2D eigenvalue weighted by molar-refractivity contribution is 6.16. The van der Waals surface area contributed by atoms with E-state index in [9.17, 15) is 48.7 Å². The zero-order valence-electron chi connectivity index (χ0n) is 21.9. The molecule has 0 aliphatic carbocycles. The first-order chi connectivity index (χ1) is 19.7. The molecule has 43 heavy (non-hydrogen) atoms. The second kappa shape index (κ2) is 11.6. The molecule has 18 heteroatoms. The quantitative estimate of drug-likeness (QED) is 0.136. The van der Waals surface area contributed by atoms with Crippen molar-refractivity contribution in [3.63, 3.8) is 0 Å². The fourth-order valence-corrected chi connectivity index (χ4v) is 3.73. The molecule has 0 aliphatic rings. The maximum Gasteiger partial charge on any atom is 0.457 e. The molecule has 2 aromatic carbocycles. The van der Waals surface area contributed by atoms with Gasteiger partial charge in [-0.05, 0) is 38.1 Å². The number of carbonyl (C=O) groups is 1. The van der Waals surface area contributed by atoms with Gasteiger partial charge in [0.2, 0.25) is 0 Å². The number of benzene rings is 2. The van der Waals surface area contributed by atoms with Crippen LogP contribution in [-0.4, -0.2) is 46.0 Å².